The Morgan fingerprint density at radius 3 is 1.47 bits per heavy atom. The molecule has 1 heterocycles. The summed E-state index contributed by atoms with van der Waals surface area (Å²) < 4.78 is 2.31. The summed E-state index contributed by atoms with van der Waals surface area (Å²) in [4.78, 5) is 0. The van der Waals surface area contributed by atoms with Crippen LogP contribution in [0.3, 0.4) is 0 Å². The van der Waals surface area contributed by atoms with Gasteiger partial charge in [-0.05, 0) is 0 Å². The van der Waals surface area contributed by atoms with Crippen LogP contribution in [-0.4, -0.2) is 11.2 Å². The minimum atomic E-state index is -2.17. The van der Waals surface area contributed by atoms with Crippen LogP contribution in [0.15, 0.2) is 200 Å². The molecule has 0 aliphatic heterocycles. The maximum absolute atomic E-state index is 2.57. The molecule has 0 aliphatic rings. The fourth-order valence-corrected chi connectivity index (χ4v) is 17.0. The molecule has 0 N–H and O–H groups in total. The van der Waals surface area contributed by atoms with Crippen LogP contribution in [0.5, 0.6) is 0 Å². The van der Waals surface area contributed by atoms with Crippen molar-refractivity contribution in [2.45, 2.75) is 18.5 Å². The van der Waals surface area contributed by atoms with Gasteiger partial charge in [-0.15, -0.1) is 0 Å². The van der Waals surface area contributed by atoms with E-state index in [1.165, 1.54) is 59.4 Å². The van der Waals surface area contributed by atoms with Gasteiger partial charge in [-0.25, -0.2) is 0 Å². The van der Waals surface area contributed by atoms with Crippen molar-refractivity contribution in [2.24, 2.45) is 7.05 Å². The van der Waals surface area contributed by atoms with Gasteiger partial charge in [0.05, 0.1) is 0 Å². The normalized spacial score (nSPS) is 12.6. The molecular weight excluding hydrogens is 695 g/mol. The molecule has 1 unspecified atom stereocenters. The van der Waals surface area contributed by atoms with Crippen LogP contribution in [0.1, 0.15) is 16.7 Å². The second-order valence-corrected chi connectivity index (χ2v) is 22.6. The molecule has 0 aliphatic carbocycles. The van der Waals surface area contributed by atoms with E-state index < -0.39 is 23.1 Å². The number of aromatic nitrogens is 1. The molecule has 1 aromatic heterocycles. The molecule has 1 atom stereocenters. The molecule has 8 aromatic rings. The quantitative estimate of drug-likeness (QED) is 0.110. The van der Waals surface area contributed by atoms with E-state index in [9.17, 15) is 0 Å². The first-order valence-electron chi connectivity index (χ1n) is 18.5. The van der Waals surface area contributed by atoms with Crippen molar-refractivity contribution in [3.8, 4) is 0 Å². The standard InChI is InChI=1S/C49H46NP3/c1-50-35-34-39-22-19-23-41(49(39)50)37-52(47-32-17-15-20-40(47)36-51(43-24-7-3-8-25-43)44-26-9-4-10-27-44)48-33-18-16-21-42(48)38-53(2,45-28-11-5-12-29-45)46-30-13-6-14-31-46/h3-35,53H,36-38H2,1-2H3. The molecule has 53 heavy (non-hydrogen) atoms. The van der Waals surface area contributed by atoms with Gasteiger partial charge >= 0.3 is 320 Å². The molecule has 0 fully saturated rings. The first kappa shape index (κ1) is 35.4. The van der Waals surface area contributed by atoms with Crippen molar-refractivity contribution in [1.82, 2.24) is 4.57 Å². The van der Waals surface area contributed by atoms with Gasteiger partial charge in [0, 0.05) is 0 Å². The van der Waals surface area contributed by atoms with Gasteiger partial charge in [0.1, 0.15) is 0 Å². The number of fused-ring (bicyclic) bond motifs is 1. The second kappa shape index (κ2) is 16.2. The predicted octanol–water partition coefficient (Wildman–Crippen LogP) is 9.97. The van der Waals surface area contributed by atoms with E-state index in [1.807, 2.05) is 0 Å². The maximum atomic E-state index is 2.57. The van der Waals surface area contributed by atoms with Crippen LogP contribution >= 0.6 is 23.1 Å². The van der Waals surface area contributed by atoms with Crippen molar-refractivity contribution in [1.29, 1.82) is 0 Å². The van der Waals surface area contributed by atoms with Gasteiger partial charge in [0.25, 0.3) is 0 Å². The Hall–Kier alpha value is -4.63. The summed E-state index contributed by atoms with van der Waals surface area (Å²) >= 11 is 0. The molecule has 1 nitrogen and oxygen atoms in total. The summed E-state index contributed by atoms with van der Waals surface area (Å²) in [7, 11) is -1.35. The SMILES string of the molecule is Cn1ccc2cccc(CP(c3ccccc3CP(c3ccccc3)c3ccccc3)c3ccccc3C[PH](C)(c3ccccc3)c3ccccc3)c21. The van der Waals surface area contributed by atoms with Gasteiger partial charge in [-0.1, -0.05) is 0 Å². The zero-order valence-corrected chi connectivity index (χ0v) is 33.3. The molecule has 262 valence electrons. The van der Waals surface area contributed by atoms with Crippen molar-refractivity contribution in [2.75, 3.05) is 6.66 Å². The molecule has 0 spiro atoms. The molecule has 0 saturated heterocycles. The van der Waals surface area contributed by atoms with Crippen LogP contribution in [0, 0.1) is 0 Å². The van der Waals surface area contributed by atoms with Crippen molar-refractivity contribution in [3.05, 3.63) is 217 Å². The number of hydrogen-bond donors (Lipinski definition) is 0. The van der Waals surface area contributed by atoms with Crippen LogP contribution in [0.25, 0.3) is 10.9 Å². The van der Waals surface area contributed by atoms with Crippen molar-refractivity contribution < 1.29 is 0 Å². The molecule has 0 radical (unpaired) electrons. The van der Waals surface area contributed by atoms with Gasteiger partial charge < -0.3 is 0 Å². The number of para-hydroxylation sites is 1. The Labute approximate surface area is 318 Å². The molecule has 0 bridgehead atoms. The zero-order chi connectivity index (χ0) is 36.0. The van der Waals surface area contributed by atoms with Gasteiger partial charge in [0.15, 0.2) is 0 Å². The summed E-state index contributed by atoms with van der Waals surface area (Å²) in [5.41, 5.74) is 5.73. The fourth-order valence-electron chi connectivity index (χ4n) is 7.95. The Morgan fingerprint density at radius 2 is 0.887 bits per heavy atom. The first-order chi connectivity index (χ1) is 26.1. The third-order valence-electron chi connectivity index (χ3n) is 10.7. The van der Waals surface area contributed by atoms with Crippen molar-refractivity contribution >= 4 is 65.8 Å². The van der Waals surface area contributed by atoms with E-state index in [2.05, 4.69) is 219 Å². The van der Waals surface area contributed by atoms with E-state index in [-0.39, 0.29) is 0 Å². The van der Waals surface area contributed by atoms with Crippen molar-refractivity contribution in [3.63, 3.8) is 0 Å². The molecule has 0 saturated carbocycles. The monoisotopic (exact) mass is 741 g/mol. The summed E-state index contributed by atoms with van der Waals surface area (Å²) in [5.74, 6) is 0. The summed E-state index contributed by atoms with van der Waals surface area (Å²) in [6.45, 7) is 2.57. The number of benzene rings is 7. The number of aryl methyl sites for hydroxylation is 1. The first-order valence-corrected chi connectivity index (χ1v) is 24.3. The third kappa shape index (κ3) is 7.59. The van der Waals surface area contributed by atoms with Crippen LogP contribution < -0.4 is 31.8 Å². The third-order valence-corrected chi connectivity index (χ3v) is 20.2. The van der Waals surface area contributed by atoms with E-state index in [0.717, 1.165) is 18.5 Å². The number of nitrogens with zero attached hydrogens (tertiary/aromatic N) is 1. The van der Waals surface area contributed by atoms with Gasteiger partial charge in [-0.3, -0.25) is 0 Å². The van der Waals surface area contributed by atoms with E-state index >= 15 is 0 Å². The Balaban J connectivity index is 1.29. The molecule has 4 heteroatoms. The summed E-state index contributed by atoms with van der Waals surface area (Å²) in [6.07, 6.45) is 5.26. The van der Waals surface area contributed by atoms with E-state index in [1.54, 1.807) is 0 Å². The van der Waals surface area contributed by atoms with Gasteiger partial charge in [0.2, 0.25) is 0 Å². The van der Waals surface area contributed by atoms with Crippen LogP contribution in [0.4, 0.5) is 0 Å². The molecule has 0 amide bonds. The minimum absolute atomic E-state index is 0.599. The predicted molar refractivity (Wildman–Crippen MR) is 239 cm³/mol. The number of hydrogen-bond acceptors (Lipinski definition) is 0. The average molecular weight is 742 g/mol. The average Bonchev–Trinajstić information content (AvgIpc) is 3.62. The Bertz CT molecular complexity index is 2330. The number of rotatable bonds is 12. The van der Waals surface area contributed by atoms with E-state index in [4.69, 9.17) is 0 Å². The fraction of sp³-hybridized carbons (Fsp3) is 0.102. The van der Waals surface area contributed by atoms with Crippen LogP contribution in [0.2, 0.25) is 0 Å². The van der Waals surface area contributed by atoms with E-state index in [0.29, 0.717) is 0 Å². The Morgan fingerprint density at radius 1 is 0.434 bits per heavy atom. The second-order valence-electron chi connectivity index (χ2n) is 14.1. The molecule has 7 aromatic carbocycles. The Kier molecular flexibility index (Phi) is 10.8. The van der Waals surface area contributed by atoms with Crippen LogP contribution in [-0.2, 0) is 25.5 Å². The van der Waals surface area contributed by atoms with Gasteiger partial charge in [-0.2, -0.15) is 0 Å². The topological polar surface area (TPSA) is 4.93 Å². The zero-order valence-electron chi connectivity index (χ0n) is 30.5. The summed E-state index contributed by atoms with van der Waals surface area (Å²) in [5, 5.41) is 10.1. The molecular formula is C49H46NP3. The summed E-state index contributed by atoms with van der Waals surface area (Å²) in [6, 6.07) is 73.0. The molecule has 8 rings (SSSR count).